The van der Waals surface area contributed by atoms with Gasteiger partial charge in [0.2, 0.25) is 5.28 Å². The number of aryl methyl sites for hydroxylation is 1. The Bertz CT molecular complexity index is 1060. The quantitative estimate of drug-likeness (QED) is 0.395. The van der Waals surface area contributed by atoms with Crippen molar-refractivity contribution in [2.24, 2.45) is 0 Å². The lowest BCUT2D eigenvalue weighted by Crippen LogP contribution is -1.89. The van der Waals surface area contributed by atoms with Crippen LogP contribution in [0.4, 0.5) is 0 Å². The molecule has 1 heterocycles. The first-order valence-electron chi connectivity index (χ1n) is 8.46. The number of rotatable bonds is 3. The van der Waals surface area contributed by atoms with Crippen LogP contribution >= 0.6 is 11.6 Å². The summed E-state index contributed by atoms with van der Waals surface area (Å²) in [7, 11) is 0. The van der Waals surface area contributed by atoms with Crippen molar-refractivity contribution >= 4 is 11.6 Å². The van der Waals surface area contributed by atoms with Crippen LogP contribution in [-0.2, 0) is 0 Å². The molecule has 4 rings (SSSR count). The van der Waals surface area contributed by atoms with Gasteiger partial charge >= 0.3 is 0 Å². The average Bonchev–Trinajstić information content (AvgIpc) is 2.69. The molecule has 0 N–H and O–H groups in total. The summed E-state index contributed by atoms with van der Waals surface area (Å²) >= 11 is 5.93. The SMILES string of the molecule is Cc1cc(-c2ccccc2)ccc1-c1cccc(-c2ccnc(Cl)n2)c1. The zero-order chi connectivity index (χ0) is 17.9. The van der Waals surface area contributed by atoms with Gasteiger partial charge in [-0.1, -0.05) is 66.7 Å². The first-order valence-corrected chi connectivity index (χ1v) is 8.84. The van der Waals surface area contributed by atoms with Crippen LogP contribution in [0.5, 0.6) is 0 Å². The Balaban J connectivity index is 1.73. The van der Waals surface area contributed by atoms with E-state index in [1.807, 2.05) is 24.3 Å². The van der Waals surface area contributed by atoms with Crippen LogP contribution in [0.25, 0.3) is 33.5 Å². The summed E-state index contributed by atoms with van der Waals surface area (Å²) < 4.78 is 0. The molecule has 26 heavy (non-hydrogen) atoms. The smallest absolute Gasteiger partial charge is 0.222 e. The molecular formula is C23H17ClN2. The first kappa shape index (κ1) is 16.5. The second kappa shape index (κ2) is 7.11. The molecule has 0 aliphatic rings. The summed E-state index contributed by atoms with van der Waals surface area (Å²) in [6, 6.07) is 27.2. The molecule has 0 aliphatic carbocycles. The number of nitrogens with zero attached hydrogens (tertiary/aromatic N) is 2. The Labute approximate surface area is 158 Å². The van der Waals surface area contributed by atoms with Crippen molar-refractivity contribution in [2.45, 2.75) is 6.92 Å². The molecule has 3 heteroatoms. The molecule has 3 aromatic carbocycles. The van der Waals surface area contributed by atoms with E-state index in [9.17, 15) is 0 Å². The maximum atomic E-state index is 5.93. The highest BCUT2D eigenvalue weighted by molar-refractivity contribution is 6.28. The van der Waals surface area contributed by atoms with Gasteiger partial charge in [-0.3, -0.25) is 0 Å². The zero-order valence-electron chi connectivity index (χ0n) is 14.4. The summed E-state index contributed by atoms with van der Waals surface area (Å²) in [5, 5.41) is 0.260. The molecule has 0 saturated heterocycles. The van der Waals surface area contributed by atoms with Crippen molar-refractivity contribution in [3.63, 3.8) is 0 Å². The molecule has 0 unspecified atom stereocenters. The lowest BCUT2D eigenvalue weighted by atomic mass is 9.94. The van der Waals surface area contributed by atoms with Crippen LogP contribution in [0, 0.1) is 6.92 Å². The molecule has 4 aromatic rings. The monoisotopic (exact) mass is 356 g/mol. The van der Waals surface area contributed by atoms with Crippen molar-refractivity contribution in [3.05, 3.63) is 95.9 Å². The highest BCUT2D eigenvalue weighted by atomic mass is 35.5. The van der Waals surface area contributed by atoms with Gasteiger partial charge in [0.25, 0.3) is 0 Å². The Morgan fingerprint density at radius 3 is 2.23 bits per heavy atom. The number of aromatic nitrogens is 2. The number of halogens is 1. The second-order valence-electron chi connectivity index (χ2n) is 6.19. The minimum atomic E-state index is 0.260. The number of hydrogen-bond donors (Lipinski definition) is 0. The fraction of sp³-hybridized carbons (Fsp3) is 0.0435. The van der Waals surface area contributed by atoms with Crippen LogP contribution in [0.15, 0.2) is 85.1 Å². The summed E-state index contributed by atoms with van der Waals surface area (Å²) in [6.07, 6.45) is 1.68. The third kappa shape index (κ3) is 3.37. The lowest BCUT2D eigenvalue weighted by molar-refractivity contribution is 1.17. The standard InChI is InChI=1S/C23H17ClN2/c1-16-14-18(17-6-3-2-4-7-17)10-11-21(16)19-8-5-9-20(15-19)22-12-13-25-23(24)26-22/h2-15H,1H3. The van der Waals surface area contributed by atoms with Gasteiger partial charge in [-0.25, -0.2) is 9.97 Å². The summed E-state index contributed by atoms with van der Waals surface area (Å²) in [4.78, 5) is 8.26. The van der Waals surface area contributed by atoms with Crippen LogP contribution in [0.3, 0.4) is 0 Å². The predicted molar refractivity (Wildman–Crippen MR) is 108 cm³/mol. The van der Waals surface area contributed by atoms with Crippen molar-refractivity contribution in [1.82, 2.24) is 9.97 Å². The molecule has 0 bridgehead atoms. The Morgan fingerprint density at radius 2 is 1.46 bits per heavy atom. The van der Waals surface area contributed by atoms with E-state index in [1.54, 1.807) is 6.20 Å². The van der Waals surface area contributed by atoms with E-state index in [0.717, 1.165) is 16.8 Å². The topological polar surface area (TPSA) is 25.8 Å². The average molecular weight is 357 g/mol. The van der Waals surface area contributed by atoms with Crippen molar-refractivity contribution < 1.29 is 0 Å². The highest BCUT2D eigenvalue weighted by Crippen LogP contribution is 2.31. The van der Waals surface area contributed by atoms with E-state index in [-0.39, 0.29) is 5.28 Å². The van der Waals surface area contributed by atoms with E-state index in [4.69, 9.17) is 11.6 Å². The van der Waals surface area contributed by atoms with Gasteiger partial charge < -0.3 is 0 Å². The van der Waals surface area contributed by atoms with Crippen LogP contribution in [-0.4, -0.2) is 9.97 Å². The van der Waals surface area contributed by atoms with Gasteiger partial charge in [-0.15, -0.1) is 0 Å². The minimum absolute atomic E-state index is 0.260. The predicted octanol–water partition coefficient (Wildman–Crippen LogP) is 6.44. The lowest BCUT2D eigenvalue weighted by Gasteiger charge is -2.11. The summed E-state index contributed by atoms with van der Waals surface area (Å²) in [6.45, 7) is 2.15. The number of hydrogen-bond acceptors (Lipinski definition) is 2. The van der Waals surface area contributed by atoms with Gasteiger partial charge in [0, 0.05) is 11.8 Å². The number of benzene rings is 3. The maximum Gasteiger partial charge on any atom is 0.222 e. The van der Waals surface area contributed by atoms with Crippen molar-refractivity contribution in [1.29, 1.82) is 0 Å². The Kier molecular flexibility index (Phi) is 4.51. The van der Waals surface area contributed by atoms with Gasteiger partial charge in [0.1, 0.15) is 0 Å². The highest BCUT2D eigenvalue weighted by Gasteiger charge is 2.07. The van der Waals surface area contributed by atoms with Crippen molar-refractivity contribution in [3.8, 4) is 33.5 Å². The minimum Gasteiger partial charge on any atom is -0.226 e. The Morgan fingerprint density at radius 1 is 0.692 bits per heavy atom. The van der Waals surface area contributed by atoms with E-state index in [1.165, 1.54) is 22.3 Å². The van der Waals surface area contributed by atoms with E-state index >= 15 is 0 Å². The molecule has 0 spiro atoms. The van der Waals surface area contributed by atoms with Crippen LogP contribution in [0.1, 0.15) is 5.56 Å². The molecule has 0 radical (unpaired) electrons. The zero-order valence-corrected chi connectivity index (χ0v) is 15.1. The van der Waals surface area contributed by atoms with E-state index in [0.29, 0.717) is 0 Å². The van der Waals surface area contributed by atoms with Gasteiger partial charge in [0.05, 0.1) is 5.69 Å². The normalized spacial score (nSPS) is 10.7. The Hall–Kier alpha value is -2.97. The molecule has 2 nitrogen and oxygen atoms in total. The fourth-order valence-corrected chi connectivity index (χ4v) is 3.29. The molecule has 1 aromatic heterocycles. The largest absolute Gasteiger partial charge is 0.226 e. The van der Waals surface area contributed by atoms with Crippen molar-refractivity contribution in [2.75, 3.05) is 0 Å². The van der Waals surface area contributed by atoms with Crippen LogP contribution < -0.4 is 0 Å². The molecule has 0 saturated carbocycles. The molecule has 126 valence electrons. The first-order chi connectivity index (χ1) is 12.7. The van der Waals surface area contributed by atoms with Crippen LogP contribution in [0.2, 0.25) is 5.28 Å². The second-order valence-corrected chi connectivity index (χ2v) is 6.53. The van der Waals surface area contributed by atoms with E-state index in [2.05, 4.69) is 71.5 Å². The third-order valence-electron chi connectivity index (χ3n) is 4.43. The summed E-state index contributed by atoms with van der Waals surface area (Å²) in [5.41, 5.74) is 7.92. The third-order valence-corrected chi connectivity index (χ3v) is 4.61. The molecule has 0 aliphatic heterocycles. The molecule has 0 fully saturated rings. The van der Waals surface area contributed by atoms with Gasteiger partial charge in [-0.05, 0) is 58.5 Å². The van der Waals surface area contributed by atoms with Gasteiger partial charge in [-0.2, -0.15) is 0 Å². The molecule has 0 atom stereocenters. The molecular weight excluding hydrogens is 340 g/mol. The summed E-state index contributed by atoms with van der Waals surface area (Å²) in [5.74, 6) is 0. The van der Waals surface area contributed by atoms with E-state index < -0.39 is 0 Å². The maximum absolute atomic E-state index is 5.93. The van der Waals surface area contributed by atoms with Gasteiger partial charge in [0.15, 0.2) is 0 Å². The fourth-order valence-electron chi connectivity index (χ4n) is 3.14. The molecule has 0 amide bonds.